The first-order valence-corrected chi connectivity index (χ1v) is 13.4. The fraction of sp³-hybridized carbons (Fsp3) is 0.517. The van der Waals surface area contributed by atoms with Gasteiger partial charge in [0.1, 0.15) is 18.4 Å². The monoisotopic (exact) mass is 508 g/mol. The summed E-state index contributed by atoms with van der Waals surface area (Å²) < 4.78 is 23.3. The lowest BCUT2D eigenvalue weighted by Gasteiger charge is -2.37. The molecule has 37 heavy (non-hydrogen) atoms. The average molecular weight is 509 g/mol. The van der Waals surface area contributed by atoms with E-state index >= 15 is 0 Å². The Bertz CT molecular complexity index is 1080. The maximum Gasteiger partial charge on any atom is 0.268 e. The third kappa shape index (κ3) is 6.01. The number of fused-ring (bicyclic) bond motifs is 1. The van der Waals surface area contributed by atoms with E-state index < -0.39 is 12.1 Å². The van der Waals surface area contributed by atoms with E-state index in [1.807, 2.05) is 42.5 Å². The molecule has 0 spiro atoms. The molecule has 0 unspecified atom stereocenters. The summed E-state index contributed by atoms with van der Waals surface area (Å²) in [7, 11) is 1.59. The molecule has 8 heteroatoms. The van der Waals surface area contributed by atoms with Crippen molar-refractivity contribution in [3.8, 4) is 17.2 Å². The van der Waals surface area contributed by atoms with Crippen molar-refractivity contribution in [2.75, 3.05) is 26.9 Å². The van der Waals surface area contributed by atoms with Gasteiger partial charge in [-0.3, -0.25) is 9.59 Å². The molecule has 8 nitrogen and oxygen atoms in total. The molecule has 2 heterocycles. The quantitative estimate of drug-likeness (QED) is 0.580. The zero-order chi connectivity index (χ0) is 25.6. The van der Waals surface area contributed by atoms with Gasteiger partial charge in [-0.25, -0.2) is 0 Å². The molecule has 2 aliphatic heterocycles. The summed E-state index contributed by atoms with van der Waals surface area (Å²) in [6.07, 6.45) is 6.04. The lowest BCUT2D eigenvalue weighted by molar-refractivity contribution is -0.150. The van der Waals surface area contributed by atoms with E-state index in [1.54, 1.807) is 18.1 Å². The molecule has 3 aliphatic rings. The zero-order valence-corrected chi connectivity index (χ0v) is 21.4. The Hall–Kier alpha value is -3.26. The lowest BCUT2D eigenvalue weighted by Crippen LogP contribution is -2.54. The number of rotatable bonds is 8. The Labute approximate surface area is 218 Å². The topological polar surface area (TPSA) is 86.3 Å². The smallest absolute Gasteiger partial charge is 0.268 e. The number of nitrogens with one attached hydrogen (secondary N) is 1. The molecule has 1 saturated heterocycles. The summed E-state index contributed by atoms with van der Waals surface area (Å²) in [6.45, 7) is 1.02. The van der Waals surface area contributed by atoms with Crippen LogP contribution in [0.3, 0.4) is 0 Å². The van der Waals surface area contributed by atoms with Gasteiger partial charge in [-0.05, 0) is 55.5 Å². The zero-order valence-electron chi connectivity index (χ0n) is 21.4. The maximum absolute atomic E-state index is 14.1. The molecule has 2 aromatic rings. The Morgan fingerprint density at radius 2 is 1.84 bits per heavy atom. The highest BCUT2D eigenvalue weighted by molar-refractivity contribution is 5.91. The molecule has 5 rings (SSSR count). The van der Waals surface area contributed by atoms with Crippen molar-refractivity contribution < 1.29 is 28.5 Å². The second-order valence-corrected chi connectivity index (χ2v) is 10.0. The lowest BCUT2D eigenvalue weighted by atomic mass is 9.94. The number of carbonyl (C=O) groups is 2. The minimum Gasteiger partial charge on any atom is -0.497 e. The summed E-state index contributed by atoms with van der Waals surface area (Å²) in [4.78, 5) is 29.7. The van der Waals surface area contributed by atoms with E-state index in [0.717, 1.165) is 38.5 Å². The van der Waals surface area contributed by atoms with Crippen LogP contribution in [-0.2, 0) is 14.3 Å². The normalized spacial score (nSPS) is 22.2. The highest BCUT2D eigenvalue weighted by Gasteiger charge is 2.40. The van der Waals surface area contributed by atoms with Crippen LogP contribution >= 0.6 is 0 Å². The van der Waals surface area contributed by atoms with Gasteiger partial charge in [-0.15, -0.1) is 0 Å². The minimum atomic E-state index is -0.869. The third-order valence-corrected chi connectivity index (χ3v) is 7.41. The van der Waals surface area contributed by atoms with Gasteiger partial charge >= 0.3 is 0 Å². The van der Waals surface area contributed by atoms with E-state index in [-0.39, 0.29) is 30.6 Å². The van der Waals surface area contributed by atoms with Gasteiger partial charge < -0.3 is 29.2 Å². The second kappa shape index (κ2) is 11.9. The Morgan fingerprint density at radius 1 is 1.03 bits per heavy atom. The predicted octanol–water partition coefficient (Wildman–Crippen LogP) is 4.03. The third-order valence-electron chi connectivity index (χ3n) is 7.41. The van der Waals surface area contributed by atoms with E-state index in [2.05, 4.69) is 5.32 Å². The summed E-state index contributed by atoms with van der Waals surface area (Å²) in [5.74, 6) is 1.27. The van der Waals surface area contributed by atoms with E-state index in [4.69, 9.17) is 18.9 Å². The van der Waals surface area contributed by atoms with Crippen LogP contribution in [0.2, 0.25) is 0 Å². The van der Waals surface area contributed by atoms with Crippen LogP contribution in [0.25, 0.3) is 0 Å². The van der Waals surface area contributed by atoms with Crippen molar-refractivity contribution in [1.82, 2.24) is 10.2 Å². The van der Waals surface area contributed by atoms with Crippen molar-refractivity contribution >= 4 is 11.8 Å². The van der Waals surface area contributed by atoms with E-state index in [1.165, 1.54) is 6.42 Å². The fourth-order valence-corrected chi connectivity index (χ4v) is 5.47. The van der Waals surface area contributed by atoms with Crippen molar-refractivity contribution in [3.05, 3.63) is 54.1 Å². The number of para-hydroxylation sites is 2. The van der Waals surface area contributed by atoms with Crippen molar-refractivity contribution in [2.45, 2.75) is 69.2 Å². The van der Waals surface area contributed by atoms with E-state index in [0.29, 0.717) is 36.0 Å². The molecule has 2 amide bonds. The molecule has 198 valence electrons. The summed E-state index contributed by atoms with van der Waals surface area (Å²) >= 11 is 0. The van der Waals surface area contributed by atoms with Gasteiger partial charge in [0.05, 0.1) is 13.2 Å². The molecule has 1 aliphatic carbocycles. The van der Waals surface area contributed by atoms with Crippen molar-refractivity contribution in [1.29, 1.82) is 0 Å². The number of carbonyl (C=O) groups excluding carboxylic acids is 2. The number of benzene rings is 2. The Morgan fingerprint density at radius 3 is 2.59 bits per heavy atom. The summed E-state index contributed by atoms with van der Waals surface area (Å²) in [5, 5.41) is 3.25. The van der Waals surface area contributed by atoms with Crippen LogP contribution in [0.4, 0.5) is 0 Å². The van der Waals surface area contributed by atoms with Crippen LogP contribution in [0, 0.1) is 0 Å². The van der Waals surface area contributed by atoms with Gasteiger partial charge in [-0.2, -0.15) is 0 Å². The number of methoxy groups -OCH3 is 1. The number of nitrogens with zero attached hydrogens (tertiary/aromatic N) is 1. The predicted molar refractivity (Wildman–Crippen MR) is 138 cm³/mol. The molecule has 0 aromatic heterocycles. The maximum atomic E-state index is 14.1. The summed E-state index contributed by atoms with van der Waals surface area (Å²) in [6, 6.07) is 13.9. The summed E-state index contributed by atoms with van der Waals surface area (Å²) in [5.41, 5.74) is 0.691. The number of hydrogen-bond acceptors (Lipinski definition) is 6. The van der Waals surface area contributed by atoms with Crippen LogP contribution in [0.5, 0.6) is 17.2 Å². The van der Waals surface area contributed by atoms with Gasteiger partial charge in [0, 0.05) is 19.2 Å². The van der Waals surface area contributed by atoms with Gasteiger partial charge in [0.15, 0.2) is 11.5 Å². The largest absolute Gasteiger partial charge is 0.497 e. The average Bonchev–Trinajstić information content (AvgIpc) is 3.46. The SMILES string of the molecule is COc1cccc([C@H](C(=O)NC2CCCCC2)N(C[C@@H]2CCCO2)C(=O)[C@H]2COc3ccccc3O2)c1. The van der Waals surface area contributed by atoms with Crippen LogP contribution in [-0.4, -0.2) is 61.8 Å². The molecular formula is C29H36N2O6. The minimum absolute atomic E-state index is 0.0763. The van der Waals surface area contributed by atoms with Crippen molar-refractivity contribution in [3.63, 3.8) is 0 Å². The highest BCUT2D eigenvalue weighted by atomic mass is 16.6. The molecule has 0 radical (unpaired) electrons. The first kappa shape index (κ1) is 25.4. The molecule has 2 aromatic carbocycles. The standard InChI is InChI=1S/C29H36N2O6/c1-34-22-12-7-9-20(17-22)27(28(32)30-21-10-3-2-4-11-21)31(18-23-13-8-16-35-23)29(33)26-19-36-24-14-5-6-15-25(24)37-26/h5-7,9,12,14-15,17,21,23,26-27H,2-4,8,10-11,13,16,18-19H2,1H3,(H,30,32)/t23-,26+,27+/m0/s1. The van der Waals surface area contributed by atoms with E-state index in [9.17, 15) is 9.59 Å². The first-order valence-electron chi connectivity index (χ1n) is 13.4. The van der Waals surface area contributed by atoms with Gasteiger partial charge in [0.25, 0.3) is 5.91 Å². The molecule has 3 atom stereocenters. The second-order valence-electron chi connectivity index (χ2n) is 10.0. The van der Waals surface area contributed by atoms with Crippen LogP contribution in [0.1, 0.15) is 56.6 Å². The molecule has 1 saturated carbocycles. The number of hydrogen-bond donors (Lipinski definition) is 1. The van der Waals surface area contributed by atoms with Crippen LogP contribution in [0.15, 0.2) is 48.5 Å². The molecule has 0 bridgehead atoms. The number of ether oxygens (including phenoxy) is 4. The highest BCUT2D eigenvalue weighted by Crippen LogP contribution is 2.34. The van der Waals surface area contributed by atoms with Crippen molar-refractivity contribution in [2.24, 2.45) is 0 Å². The van der Waals surface area contributed by atoms with Gasteiger partial charge in [-0.1, -0.05) is 43.5 Å². The Balaban J connectivity index is 1.47. The molecule has 1 N–H and O–H groups in total. The molecule has 2 fully saturated rings. The fourth-order valence-electron chi connectivity index (χ4n) is 5.47. The molecular weight excluding hydrogens is 472 g/mol. The first-order chi connectivity index (χ1) is 18.1. The Kier molecular flexibility index (Phi) is 8.14. The van der Waals surface area contributed by atoms with Crippen LogP contribution < -0.4 is 19.5 Å². The number of amides is 2. The van der Waals surface area contributed by atoms with Gasteiger partial charge in [0.2, 0.25) is 12.0 Å².